The largest absolute Gasteiger partial charge is 0.497 e. The molecule has 8 heteroatoms. The first kappa shape index (κ1) is 18.2. The van der Waals surface area contributed by atoms with Crippen molar-refractivity contribution in [1.82, 2.24) is 19.7 Å². The number of benzene rings is 2. The molecule has 2 aromatic carbocycles. The number of hydrogen-bond acceptors (Lipinski definition) is 6. The summed E-state index contributed by atoms with van der Waals surface area (Å²) in [6.07, 6.45) is 0. The molecule has 0 bridgehead atoms. The number of anilines is 1. The van der Waals surface area contributed by atoms with Crippen LogP contribution in [0.3, 0.4) is 0 Å². The van der Waals surface area contributed by atoms with Crippen molar-refractivity contribution >= 4 is 45.4 Å². The highest BCUT2D eigenvalue weighted by atomic mass is 32.2. The topological polar surface area (TPSA) is 81.9 Å². The van der Waals surface area contributed by atoms with Gasteiger partial charge in [0.05, 0.1) is 18.4 Å². The number of hydrogen-bond donors (Lipinski definition) is 1. The number of carbonyl (C=O) groups excluding carboxylic acids is 1. The zero-order chi connectivity index (χ0) is 19.7. The van der Waals surface area contributed by atoms with Gasteiger partial charge in [-0.2, -0.15) is 0 Å². The fraction of sp³-hybridized carbons (Fsp3) is 0.200. The second-order valence-corrected chi connectivity index (χ2v) is 7.35. The Balaban J connectivity index is 1.49. The number of amides is 1. The van der Waals surface area contributed by atoms with Gasteiger partial charge in [-0.3, -0.25) is 4.79 Å². The third kappa shape index (κ3) is 3.50. The van der Waals surface area contributed by atoms with Crippen molar-refractivity contribution in [3.05, 3.63) is 48.0 Å². The highest BCUT2D eigenvalue weighted by Crippen LogP contribution is 2.27. The normalized spacial score (nSPS) is 11.1. The molecule has 2 aromatic heterocycles. The number of nitrogens with one attached hydrogen (secondary N) is 1. The average molecular weight is 393 g/mol. The van der Waals surface area contributed by atoms with Crippen LogP contribution in [0.4, 0.5) is 5.69 Å². The molecule has 0 radical (unpaired) electrons. The average Bonchev–Trinajstić information content (AvgIpc) is 2.98. The Bertz CT molecular complexity index is 1170. The van der Waals surface area contributed by atoms with E-state index in [0.717, 1.165) is 33.4 Å². The molecule has 0 saturated heterocycles. The molecule has 0 aliphatic carbocycles. The molecule has 4 aromatic rings. The van der Waals surface area contributed by atoms with E-state index in [1.54, 1.807) is 31.4 Å². The first-order chi connectivity index (χ1) is 13.5. The highest BCUT2D eigenvalue weighted by molar-refractivity contribution is 7.99. The summed E-state index contributed by atoms with van der Waals surface area (Å²) in [5.41, 5.74) is 4.46. The summed E-state index contributed by atoms with van der Waals surface area (Å²) >= 11 is 1.26. The molecule has 0 unspecified atom stereocenters. The Morgan fingerprint density at radius 1 is 1.18 bits per heavy atom. The van der Waals surface area contributed by atoms with Gasteiger partial charge in [0.1, 0.15) is 11.3 Å². The lowest BCUT2D eigenvalue weighted by atomic mass is 10.2. The van der Waals surface area contributed by atoms with Gasteiger partial charge in [-0.25, -0.2) is 4.98 Å². The number of fused-ring (bicyclic) bond motifs is 3. The molecule has 0 fully saturated rings. The number of methoxy groups -OCH3 is 1. The smallest absolute Gasteiger partial charge is 0.234 e. The summed E-state index contributed by atoms with van der Waals surface area (Å²) < 4.78 is 7.11. The van der Waals surface area contributed by atoms with Crippen LogP contribution in [0.1, 0.15) is 5.56 Å². The Morgan fingerprint density at radius 3 is 2.71 bits per heavy atom. The molecule has 142 valence electrons. The molecule has 2 heterocycles. The van der Waals surface area contributed by atoms with Gasteiger partial charge in [-0.05, 0) is 43.3 Å². The van der Waals surface area contributed by atoms with Crippen LogP contribution in [0.5, 0.6) is 5.75 Å². The van der Waals surface area contributed by atoms with Crippen molar-refractivity contribution in [3.63, 3.8) is 0 Å². The number of carbonyl (C=O) groups is 1. The lowest BCUT2D eigenvalue weighted by molar-refractivity contribution is -0.113. The Morgan fingerprint density at radius 2 is 1.96 bits per heavy atom. The van der Waals surface area contributed by atoms with Gasteiger partial charge < -0.3 is 14.6 Å². The van der Waals surface area contributed by atoms with E-state index in [1.807, 2.05) is 18.5 Å². The third-order valence-corrected chi connectivity index (χ3v) is 5.28. The van der Waals surface area contributed by atoms with Gasteiger partial charge in [-0.1, -0.05) is 23.4 Å². The van der Waals surface area contributed by atoms with Gasteiger partial charge in [0.2, 0.25) is 11.1 Å². The fourth-order valence-corrected chi connectivity index (χ4v) is 3.60. The van der Waals surface area contributed by atoms with Crippen LogP contribution >= 0.6 is 11.8 Å². The number of nitrogens with zero attached hydrogens (tertiary/aromatic N) is 4. The Labute approximate surface area is 166 Å². The molecular weight excluding hydrogens is 374 g/mol. The van der Waals surface area contributed by atoms with Crippen LogP contribution in [0.25, 0.3) is 22.1 Å². The van der Waals surface area contributed by atoms with Gasteiger partial charge in [0.15, 0.2) is 5.65 Å². The number of rotatable bonds is 5. The second kappa shape index (κ2) is 7.47. The Kier molecular flexibility index (Phi) is 4.87. The second-order valence-electron chi connectivity index (χ2n) is 6.41. The molecule has 4 rings (SSSR count). The lowest BCUT2D eigenvalue weighted by Gasteiger charge is -2.05. The number of aromatic nitrogens is 4. The maximum atomic E-state index is 12.2. The molecule has 0 aliphatic heterocycles. The van der Waals surface area contributed by atoms with Crippen LogP contribution in [0.2, 0.25) is 0 Å². The van der Waals surface area contributed by atoms with Gasteiger partial charge >= 0.3 is 0 Å². The van der Waals surface area contributed by atoms with Crippen molar-refractivity contribution in [2.75, 3.05) is 18.2 Å². The van der Waals surface area contributed by atoms with Crippen LogP contribution in [0.15, 0.2) is 47.6 Å². The van der Waals surface area contributed by atoms with E-state index in [4.69, 9.17) is 4.74 Å². The van der Waals surface area contributed by atoms with Crippen molar-refractivity contribution in [2.24, 2.45) is 7.05 Å². The Hall–Kier alpha value is -3.13. The summed E-state index contributed by atoms with van der Waals surface area (Å²) in [4.78, 5) is 16.8. The monoisotopic (exact) mass is 393 g/mol. The predicted molar refractivity (Wildman–Crippen MR) is 111 cm³/mol. The highest BCUT2D eigenvalue weighted by Gasteiger charge is 2.14. The van der Waals surface area contributed by atoms with E-state index in [-0.39, 0.29) is 11.7 Å². The number of aryl methyl sites for hydroxylation is 2. The summed E-state index contributed by atoms with van der Waals surface area (Å²) in [7, 11) is 3.56. The summed E-state index contributed by atoms with van der Waals surface area (Å²) in [6.45, 7) is 2.05. The zero-order valence-electron chi connectivity index (χ0n) is 15.8. The van der Waals surface area contributed by atoms with E-state index in [1.165, 1.54) is 11.8 Å². The van der Waals surface area contributed by atoms with E-state index in [2.05, 4.69) is 38.7 Å². The number of ether oxygens (including phenoxy) is 1. The minimum Gasteiger partial charge on any atom is -0.497 e. The quantitative estimate of drug-likeness (QED) is 0.522. The van der Waals surface area contributed by atoms with Crippen LogP contribution in [0, 0.1) is 6.92 Å². The van der Waals surface area contributed by atoms with Crippen molar-refractivity contribution in [3.8, 4) is 5.75 Å². The molecule has 0 atom stereocenters. The van der Waals surface area contributed by atoms with E-state index < -0.39 is 0 Å². The van der Waals surface area contributed by atoms with Crippen molar-refractivity contribution in [2.45, 2.75) is 12.1 Å². The van der Waals surface area contributed by atoms with Gasteiger partial charge in [0.25, 0.3) is 0 Å². The van der Waals surface area contributed by atoms with Crippen molar-refractivity contribution in [1.29, 1.82) is 0 Å². The minimum absolute atomic E-state index is 0.133. The molecule has 0 saturated carbocycles. The molecule has 7 nitrogen and oxygen atoms in total. The van der Waals surface area contributed by atoms with E-state index >= 15 is 0 Å². The number of thioether (sulfide) groups is 1. The van der Waals surface area contributed by atoms with Gasteiger partial charge in [-0.15, -0.1) is 10.2 Å². The van der Waals surface area contributed by atoms with Crippen LogP contribution < -0.4 is 10.1 Å². The first-order valence-electron chi connectivity index (χ1n) is 8.71. The van der Waals surface area contributed by atoms with E-state index in [9.17, 15) is 4.79 Å². The molecule has 1 N–H and O–H groups in total. The van der Waals surface area contributed by atoms with E-state index in [0.29, 0.717) is 10.8 Å². The third-order valence-electron chi connectivity index (χ3n) is 4.44. The molecular formula is C20H19N5O2S. The van der Waals surface area contributed by atoms with Gasteiger partial charge in [0, 0.05) is 18.1 Å². The summed E-state index contributed by atoms with van der Waals surface area (Å²) in [6, 6.07) is 13.4. The fourth-order valence-electron chi connectivity index (χ4n) is 3.02. The lowest BCUT2D eigenvalue weighted by Crippen LogP contribution is -2.14. The maximum Gasteiger partial charge on any atom is 0.234 e. The first-order valence-corrected chi connectivity index (χ1v) is 9.70. The molecule has 28 heavy (non-hydrogen) atoms. The van der Waals surface area contributed by atoms with Crippen LogP contribution in [-0.4, -0.2) is 38.5 Å². The zero-order valence-corrected chi connectivity index (χ0v) is 16.6. The summed E-state index contributed by atoms with van der Waals surface area (Å²) in [5.74, 6) is 0.805. The standard InChI is InChI=1S/C20H19N5O2S/c1-12-4-9-16-15(10-12)18-19(25(16)2)22-20(24-23-18)28-11-17(26)21-13-5-7-14(27-3)8-6-13/h4-10H,11H2,1-3H3,(H,21,26). The maximum absolute atomic E-state index is 12.2. The predicted octanol–water partition coefficient (Wildman–Crippen LogP) is 3.56. The van der Waals surface area contributed by atoms with Crippen molar-refractivity contribution < 1.29 is 9.53 Å². The molecule has 1 amide bonds. The molecule has 0 aliphatic rings. The molecule has 0 spiro atoms. The summed E-state index contributed by atoms with van der Waals surface area (Å²) in [5, 5.41) is 12.9. The minimum atomic E-state index is -0.133. The van der Waals surface area contributed by atoms with Crippen LogP contribution in [-0.2, 0) is 11.8 Å². The SMILES string of the molecule is COc1ccc(NC(=O)CSc2nnc3c4cc(C)ccc4n(C)c3n2)cc1.